The lowest BCUT2D eigenvalue weighted by molar-refractivity contribution is 0.263. The highest BCUT2D eigenvalue weighted by Gasteiger charge is 2.29. The Balaban J connectivity index is 2.35. The molecule has 0 aliphatic heterocycles. The van der Waals surface area contributed by atoms with Crippen LogP contribution in [0.1, 0.15) is 30.4 Å². The minimum Gasteiger partial charge on any atom is -0.398 e. The molecule has 2 N–H and O–H groups in total. The van der Waals surface area contributed by atoms with Gasteiger partial charge in [0.25, 0.3) is 0 Å². The number of rotatable bonds is 4. The van der Waals surface area contributed by atoms with Gasteiger partial charge in [-0.25, -0.2) is 12.7 Å². The van der Waals surface area contributed by atoms with Crippen LogP contribution in [0.5, 0.6) is 0 Å². The highest BCUT2D eigenvalue weighted by Crippen LogP contribution is 2.31. The predicted octanol–water partition coefficient (Wildman–Crippen LogP) is 2.31. The van der Waals surface area contributed by atoms with Gasteiger partial charge in [0.2, 0.25) is 10.0 Å². The second-order valence-electron chi connectivity index (χ2n) is 5.51. The van der Waals surface area contributed by atoms with Crippen molar-refractivity contribution in [1.82, 2.24) is 4.31 Å². The van der Waals surface area contributed by atoms with Crippen LogP contribution in [0.15, 0.2) is 17.0 Å². The molecule has 106 valence electrons. The van der Waals surface area contributed by atoms with Crippen LogP contribution in [-0.2, 0) is 10.0 Å². The molecule has 0 radical (unpaired) electrons. The van der Waals surface area contributed by atoms with Crippen LogP contribution in [-0.4, -0.2) is 26.3 Å². The zero-order valence-corrected chi connectivity index (χ0v) is 12.6. The van der Waals surface area contributed by atoms with Gasteiger partial charge >= 0.3 is 0 Å². The van der Waals surface area contributed by atoms with Gasteiger partial charge in [-0.05, 0) is 49.8 Å². The summed E-state index contributed by atoms with van der Waals surface area (Å²) in [6.45, 7) is 4.19. The van der Waals surface area contributed by atoms with E-state index in [-0.39, 0.29) is 0 Å². The molecule has 0 spiro atoms. The molecule has 1 saturated carbocycles. The zero-order valence-electron chi connectivity index (χ0n) is 11.8. The average Bonchev–Trinajstić information content (AvgIpc) is 2.28. The van der Waals surface area contributed by atoms with Crippen molar-refractivity contribution in [2.24, 2.45) is 5.92 Å². The number of hydrogen-bond acceptors (Lipinski definition) is 3. The Hall–Kier alpha value is -1.07. The van der Waals surface area contributed by atoms with E-state index in [2.05, 4.69) is 0 Å². The Morgan fingerprint density at radius 1 is 1.32 bits per heavy atom. The predicted molar refractivity (Wildman–Crippen MR) is 77.5 cm³/mol. The van der Waals surface area contributed by atoms with Crippen molar-refractivity contribution in [2.75, 3.05) is 19.3 Å². The van der Waals surface area contributed by atoms with E-state index in [9.17, 15) is 8.42 Å². The third-order valence-corrected chi connectivity index (χ3v) is 6.17. The average molecular weight is 282 g/mol. The summed E-state index contributed by atoms with van der Waals surface area (Å²) >= 11 is 0. The highest BCUT2D eigenvalue weighted by molar-refractivity contribution is 7.89. The van der Waals surface area contributed by atoms with Gasteiger partial charge in [-0.15, -0.1) is 0 Å². The van der Waals surface area contributed by atoms with Gasteiger partial charge in [-0.2, -0.15) is 0 Å². The molecule has 1 fully saturated rings. The van der Waals surface area contributed by atoms with E-state index < -0.39 is 10.0 Å². The monoisotopic (exact) mass is 282 g/mol. The van der Waals surface area contributed by atoms with Crippen molar-refractivity contribution >= 4 is 15.7 Å². The fourth-order valence-corrected chi connectivity index (χ4v) is 4.23. The third kappa shape index (κ3) is 2.62. The van der Waals surface area contributed by atoms with Crippen molar-refractivity contribution in [3.05, 3.63) is 23.3 Å². The Kier molecular flexibility index (Phi) is 3.87. The van der Waals surface area contributed by atoms with Gasteiger partial charge < -0.3 is 5.73 Å². The third-order valence-electron chi connectivity index (χ3n) is 4.05. The summed E-state index contributed by atoms with van der Waals surface area (Å²) in [7, 11) is -1.78. The van der Waals surface area contributed by atoms with Gasteiger partial charge in [-0.1, -0.05) is 12.5 Å². The van der Waals surface area contributed by atoms with Crippen molar-refractivity contribution in [2.45, 2.75) is 38.0 Å². The minimum atomic E-state index is -3.44. The molecule has 19 heavy (non-hydrogen) atoms. The van der Waals surface area contributed by atoms with Crippen molar-refractivity contribution < 1.29 is 8.42 Å². The second kappa shape index (κ2) is 5.13. The van der Waals surface area contributed by atoms with Crippen LogP contribution in [0.2, 0.25) is 0 Å². The standard InChI is InChI=1S/C14H22N2O2S/c1-10-7-8-13(15)11(2)14(10)19(17,18)16(3)9-12-5-4-6-12/h7-8,12H,4-6,9,15H2,1-3H3. The molecule has 0 atom stereocenters. The van der Waals surface area contributed by atoms with Gasteiger partial charge in [0, 0.05) is 19.3 Å². The molecule has 1 aliphatic carbocycles. The van der Waals surface area contributed by atoms with Crippen LogP contribution in [0, 0.1) is 19.8 Å². The lowest BCUT2D eigenvalue weighted by Crippen LogP contribution is -2.35. The van der Waals surface area contributed by atoms with Crippen molar-refractivity contribution in [1.29, 1.82) is 0 Å². The Labute approximate surface area is 115 Å². The second-order valence-corrected chi connectivity index (χ2v) is 7.49. The van der Waals surface area contributed by atoms with Gasteiger partial charge in [0.1, 0.15) is 0 Å². The molecule has 0 aromatic heterocycles. The first-order chi connectivity index (χ1) is 8.84. The molecule has 1 aromatic rings. The number of nitrogen functional groups attached to an aromatic ring is 1. The molecule has 1 aliphatic rings. The molecule has 4 nitrogen and oxygen atoms in total. The van der Waals surface area contributed by atoms with E-state index in [1.807, 2.05) is 6.92 Å². The topological polar surface area (TPSA) is 63.4 Å². The molecule has 0 unspecified atom stereocenters. The van der Waals surface area contributed by atoms with Crippen LogP contribution in [0.3, 0.4) is 0 Å². The maximum absolute atomic E-state index is 12.7. The van der Waals surface area contributed by atoms with Gasteiger partial charge in [0.05, 0.1) is 4.90 Å². The first-order valence-electron chi connectivity index (χ1n) is 6.66. The summed E-state index contributed by atoms with van der Waals surface area (Å²) in [5, 5.41) is 0. The smallest absolute Gasteiger partial charge is 0.243 e. The highest BCUT2D eigenvalue weighted by atomic mass is 32.2. The number of sulfonamides is 1. The first kappa shape index (κ1) is 14.3. The Bertz CT molecular complexity index is 577. The minimum absolute atomic E-state index is 0.370. The number of anilines is 1. The van der Waals surface area contributed by atoms with Crippen LogP contribution >= 0.6 is 0 Å². The number of nitrogens with zero attached hydrogens (tertiary/aromatic N) is 1. The van der Waals surface area contributed by atoms with Crippen molar-refractivity contribution in [3.8, 4) is 0 Å². The number of hydrogen-bond donors (Lipinski definition) is 1. The largest absolute Gasteiger partial charge is 0.398 e. The lowest BCUT2D eigenvalue weighted by Gasteiger charge is -2.30. The summed E-state index contributed by atoms with van der Waals surface area (Å²) < 4.78 is 26.8. The lowest BCUT2D eigenvalue weighted by atomic mass is 9.86. The normalized spacial score (nSPS) is 16.6. The first-order valence-corrected chi connectivity index (χ1v) is 8.10. The fourth-order valence-electron chi connectivity index (χ4n) is 2.53. The number of nitrogens with two attached hydrogens (primary N) is 1. The summed E-state index contributed by atoms with van der Waals surface area (Å²) in [5.41, 5.74) is 7.78. The van der Waals surface area contributed by atoms with Crippen molar-refractivity contribution in [3.63, 3.8) is 0 Å². The summed E-state index contributed by atoms with van der Waals surface area (Å²) in [5.74, 6) is 0.515. The number of aryl methyl sites for hydroxylation is 1. The van der Waals surface area contributed by atoms with E-state index >= 15 is 0 Å². The van der Waals surface area contributed by atoms with Crippen LogP contribution < -0.4 is 5.73 Å². The van der Waals surface area contributed by atoms with Gasteiger partial charge in [-0.3, -0.25) is 0 Å². The van der Waals surface area contributed by atoms with E-state index in [0.29, 0.717) is 28.6 Å². The molecule has 0 bridgehead atoms. The maximum Gasteiger partial charge on any atom is 0.243 e. The van der Waals surface area contributed by atoms with E-state index in [1.165, 1.54) is 10.7 Å². The molecule has 5 heteroatoms. The zero-order chi connectivity index (χ0) is 14.2. The molecular formula is C14H22N2O2S. The molecule has 0 heterocycles. The van der Waals surface area contributed by atoms with Gasteiger partial charge in [0.15, 0.2) is 0 Å². The fraction of sp³-hybridized carbons (Fsp3) is 0.571. The molecule has 0 saturated heterocycles. The summed E-state index contributed by atoms with van der Waals surface area (Å²) in [6, 6.07) is 3.53. The van der Waals surface area contributed by atoms with E-state index in [4.69, 9.17) is 5.73 Å². The van der Waals surface area contributed by atoms with E-state index in [1.54, 1.807) is 26.1 Å². The molecule has 1 aromatic carbocycles. The molecule has 0 amide bonds. The Morgan fingerprint density at radius 3 is 2.47 bits per heavy atom. The Morgan fingerprint density at radius 2 is 1.95 bits per heavy atom. The molecular weight excluding hydrogens is 260 g/mol. The summed E-state index contributed by atoms with van der Waals surface area (Å²) in [4.78, 5) is 0.370. The van der Waals surface area contributed by atoms with Crippen LogP contribution in [0.4, 0.5) is 5.69 Å². The van der Waals surface area contributed by atoms with E-state index in [0.717, 1.165) is 18.4 Å². The molecule has 2 rings (SSSR count). The van der Waals surface area contributed by atoms with Crippen LogP contribution in [0.25, 0.3) is 0 Å². The number of benzene rings is 1. The maximum atomic E-state index is 12.7. The SMILES string of the molecule is Cc1ccc(N)c(C)c1S(=O)(=O)N(C)CC1CCC1. The quantitative estimate of drug-likeness (QED) is 0.862. The summed E-state index contributed by atoms with van der Waals surface area (Å²) in [6.07, 6.45) is 3.48.